The van der Waals surface area contributed by atoms with Crippen molar-refractivity contribution < 1.29 is 19.1 Å². The standard InChI is InChI=1S/C23H24Cl2O4/c1-4-5-20(26)16-8-10-17(11-9-16)28-21(27)22(2,3)29-18-12-6-15(7-13-18)19-14-23(19,24)25/h6-13,19H,4-5,14H2,1-3H3. The summed E-state index contributed by atoms with van der Waals surface area (Å²) in [6.07, 6.45) is 2.02. The molecule has 1 aliphatic carbocycles. The molecule has 1 unspecified atom stereocenters. The first-order valence-electron chi connectivity index (χ1n) is 9.65. The lowest BCUT2D eigenvalue weighted by Crippen LogP contribution is -2.41. The Balaban J connectivity index is 1.60. The summed E-state index contributed by atoms with van der Waals surface area (Å²) in [4.78, 5) is 24.5. The Bertz CT molecular complexity index is 886. The van der Waals surface area contributed by atoms with Gasteiger partial charge in [0.2, 0.25) is 5.60 Å². The molecule has 0 aliphatic heterocycles. The van der Waals surface area contributed by atoms with Gasteiger partial charge in [0.1, 0.15) is 15.8 Å². The highest BCUT2D eigenvalue weighted by Crippen LogP contribution is 2.59. The van der Waals surface area contributed by atoms with Crippen LogP contribution < -0.4 is 9.47 Å². The fourth-order valence-corrected chi connectivity index (χ4v) is 3.55. The molecule has 0 radical (unpaired) electrons. The first-order valence-corrected chi connectivity index (χ1v) is 10.4. The summed E-state index contributed by atoms with van der Waals surface area (Å²) in [5, 5.41) is 0. The molecule has 2 aromatic rings. The maximum atomic E-state index is 12.6. The highest BCUT2D eigenvalue weighted by Gasteiger charge is 2.52. The van der Waals surface area contributed by atoms with Crippen LogP contribution in [0.5, 0.6) is 11.5 Å². The Hall–Kier alpha value is -2.04. The van der Waals surface area contributed by atoms with E-state index >= 15 is 0 Å². The topological polar surface area (TPSA) is 52.6 Å². The molecule has 0 N–H and O–H groups in total. The molecular formula is C23H24Cl2O4. The summed E-state index contributed by atoms with van der Waals surface area (Å²) in [6.45, 7) is 5.25. The SMILES string of the molecule is CCCC(=O)c1ccc(OC(=O)C(C)(C)Oc2ccc(C3CC3(Cl)Cl)cc2)cc1. The third-order valence-electron chi connectivity index (χ3n) is 4.84. The molecule has 6 heteroatoms. The summed E-state index contributed by atoms with van der Waals surface area (Å²) >= 11 is 12.2. The minimum atomic E-state index is -1.19. The van der Waals surface area contributed by atoms with Crippen LogP contribution in [-0.4, -0.2) is 21.7 Å². The van der Waals surface area contributed by atoms with Crippen LogP contribution >= 0.6 is 23.2 Å². The smallest absolute Gasteiger partial charge is 0.355 e. The van der Waals surface area contributed by atoms with Crippen molar-refractivity contribution in [3.63, 3.8) is 0 Å². The van der Waals surface area contributed by atoms with E-state index < -0.39 is 15.9 Å². The van der Waals surface area contributed by atoms with Crippen molar-refractivity contribution in [3.8, 4) is 11.5 Å². The summed E-state index contributed by atoms with van der Waals surface area (Å²) in [5.74, 6) is 0.585. The number of carbonyl (C=O) groups excluding carboxylic acids is 2. The number of benzene rings is 2. The fraction of sp³-hybridized carbons (Fsp3) is 0.391. The molecule has 3 rings (SSSR count). The number of ether oxygens (including phenoxy) is 2. The molecule has 0 saturated heterocycles. The Kier molecular flexibility index (Phi) is 6.25. The third kappa shape index (κ3) is 5.31. The molecule has 29 heavy (non-hydrogen) atoms. The zero-order valence-electron chi connectivity index (χ0n) is 16.7. The fourth-order valence-electron chi connectivity index (χ4n) is 2.99. The number of alkyl halides is 2. The Morgan fingerprint density at radius 3 is 2.10 bits per heavy atom. The van der Waals surface area contributed by atoms with Crippen molar-refractivity contribution in [2.75, 3.05) is 0 Å². The predicted octanol–water partition coefficient (Wildman–Crippen LogP) is 6.09. The lowest BCUT2D eigenvalue weighted by molar-refractivity contribution is -0.149. The molecule has 1 fully saturated rings. The van der Waals surface area contributed by atoms with Crippen LogP contribution in [0.4, 0.5) is 0 Å². The van der Waals surface area contributed by atoms with Gasteiger partial charge >= 0.3 is 5.97 Å². The molecule has 0 amide bonds. The Labute approximate surface area is 181 Å². The summed E-state index contributed by atoms with van der Waals surface area (Å²) in [5.41, 5.74) is 0.455. The minimum absolute atomic E-state index is 0.0734. The van der Waals surface area contributed by atoms with E-state index in [9.17, 15) is 9.59 Å². The van der Waals surface area contributed by atoms with Gasteiger partial charge in [0.05, 0.1) is 0 Å². The molecular weight excluding hydrogens is 411 g/mol. The van der Waals surface area contributed by atoms with E-state index in [1.54, 1.807) is 50.2 Å². The van der Waals surface area contributed by atoms with E-state index in [1.807, 2.05) is 19.1 Å². The molecule has 2 aromatic carbocycles. The number of rotatable bonds is 8. The number of hydrogen-bond acceptors (Lipinski definition) is 4. The quantitative estimate of drug-likeness (QED) is 0.218. The first kappa shape index (κ1) is 21.7. The van der Waals surface area contributed by atoms with Gasteiger partial charge in [-0.15, -0.1) is 23.2 Å². The summed E-state index contributed by atoms with van der Waals surface area (Å²) < 4.78 is 10.6. The van der Waals surface area contributed by atoms with Gasteiger partial charge in [-0.3, -0.25) is 4.79 Å². The van der Waals surface area contributed by atoms with Crippen LogP contribution in [0.15, 0.2) is 48.5 Å². The molecule has 154 valence electrons. The van der Waals surface area contributed by atoms with Gasteiger partial charge in [-0.1, -0.05) is 19.1 Å². The van der Waals surface area contributed by atoms with Crippen LogP contribution in [0.1, 0.15) is 61.9 Å². The number of esters is 1. The number of Topliss-reactive ketones (excluding diaryl/α,β-unsaturated/α-hetero) is 1. The van der Waals surface area contributed by atoms with Crippen LogP contribution in [0.25, 0.3) is 0 Å². The number of carbonyl (C=O) groups is 2. The maximum Gasteiger partial charge on any atom is 0.355 e. The lowest BCUT2D eigenvalue weighted by Gasteiger charge is -2.24. The van der Waals surface area contributed by atoms with Crippen molar-refractivity contribution in [1.82, 2.24) is 0 Å². The van der Waals surface area contributed by atoms with Crippen molar-refractivity contribution in [3.05, 3.63) is 59.7 Å². The zero-order valence-corrected chi connectivity index (χ0v) is 18.2. The van der Waals surface area contributed by atoms with E-state index in [4.69, 9.17) is 32.7 Å². The van der Waals surface area contributed by atoms with Crippen LogP contribution in [0, 0.1) is 0 Å². The van der Waals surface area contributed by atoms with E-state index in [-0.39, 0.29) is 11.7 Å². The van der Waals surface area contributed by atoms with Crippen LogP contribution in [-0.2, 0) is 4.79 Å². The highest BCUT2D eigenvalue weighted by atomic mass is 35.5. The van der Waals surface area contributed by atoms with Gasteiger partial charge in [0.15, 0.2) is 5.78 Å². The van der Waals surface area contributed by atoms with Crippen molar-refractivity contribution >= 4 is 35.0 Å². The van der Waals surface area contributed by atoms with E-state index in [0.717, 1.165) is 18.4 Å². The summed E-state index contributed by atoms with van der Waals surface area (Å²) in [7, 11) is 0. The Morgan fingerprint density at radius 2 is 1.59 bits per heavy atom. The van der Waals surface area contributed by atoms with Gasteiger partial charge in [-0.25, -0.2) is 4.79 Å². The monoisotopic (exact) mass is 434 g/mol. The van der Waals surface area contributed by atoms with Crippen molar-refractivity contribution in [2.45, 2.75) is 55.9 Å². The molecule has 0 aromatic heterocycles. The molecule has 0 heterocycles. The van der Waals surface area contributed by atoms with Gasteiger partial charge in [0.25, 0.3) is 0 Å². The molecule has 0 spiro atoms. The number of ketones is 1. The Morgan fingerprint density at radius 1 is 1.03 bits per heavy atom. The van der Waals surface area contributed by atoms with Gasteiger partial charge in [-0.2, -0.15) is 0 Å². The largest absolute Gasteiger partial charge is 0.476 e. The maximum absolute atomic E-state index is 12.6. The number of hydrogen-bond donors (Lipinski definition) is 0. The lowest BCUT2D eigenvalue weighted by atomic mass is 10.1. The highest BCUT2D eigenvalue weighted by molar-refractivity contribution is 6.51. The predicted molar refractivity (Wildman–Crippen MR) is 114 cm³/mol. The van der Waals surface area contributed by atoms with Crippen molar-refractivity contribution in [2.24, 2.45) is 0 Å². The molecule has 1 aliphatic rings. The second-order valence-electron chi connectivity index (χ2n) is 7.79. The molecule has 4 nitrogen and oxygen atoms in total. The van der Waals surface area contributed by atoms with E-state index in [2.05, 4.69) is 0 Å². The normalized spacial score (nSPS) is 17.5. The third-order valence-corrected chi connectivity index (χ3v) is 5.67. The first-order chi connectivity index (χ1) is 13.6. The average Bonchev–Trinajstić information content (AvgIpc) is 3.31. The van der Waals surface area contributed by atoms with Crippen LogP contribution in [0.2, 0.25) is 0 Å². The second-order valence-corrected chi connectivity index (χ2v) is 9.33. The molecule has 0 bridgehead atoms. The van der Waals surface area contributed by atoms with E-state index in [1.165, 1.54) is 0 Å². The van der Waals surface area contributed by atoms with Gasteiger partial charge in [0, 0.05) is 17.9 Å². The van der Waals surface area contributed by atoms with Gasteiger partial charge < -0.3 is 9.47 Å². The van der Waals surface area contributed by atoms with E-state index in [0.29, 0.717) is 23.5 Å². The summed E-state index contributed by atoms with van der Waals surface area (Å²) in [6, 6.07) is 14.0. The second kappa shape index (κ2) is 8.37. The zero-order chi connectivity index (χ0) is 21.2. The van der Waals surface area contributed by atoms with Gasteiger partial charge in [-0.05, 0) is 68.7 Å². The molecule has 1 atom stereocenters. The number of halogens is 2. The van der Waals surface area contributed by atoms with Crippen LogP contribution in [0.3, 0.4) is 0 Å². The minimum Gasteiger partial charge on any atom is -0.476 e. The van der Waals surface area contributed by atoms with Crippen molar-refractivity contribution in [1.29, 1.82) is 0 Å². The molecule has 1 saturated carbocycles. The average molecular weight is 435 g/mol.